The number of rotatable bonds is 7. The van der Waals surface area contributed by atoms with Crippen molar-refractivity contribution >= 4 is 11.8 Å². The first-order valence-electron chi connectivity index (χ1n) is 10.7. The molecule has 0 unspecified atom stereocenters. The number of aromatic nitrogens is 1. The van der Waals surface area contributed by atoms with Crippen molar-refractivity contribution in [2.24, 2.45) is 10.9 Å². The van der Waals surface area contributed by atoms with Crippen molar-refractivity contribution in [3.8, 4) is 0 Å². The summed E-state index contributed by atoms with van der Waals surface area (Å²) in [4.78, 5) is 13.9. The minimum absolute atomic E-state index is 0.713. The molecule has 7 heteroatoms. The summed E-state index contributed by atoms with van der Waals surface area (Å²) < 4.78 is 5.46. The molecule has 28 heavy (non-hydrogen) atoms. The highest BCUT2D eigenvalue weighted by Crippen LogP contribution is 2.18. The van der Waals surface area contributed by atoms with Crippen LogP contribution in [0.15, 0.2) is 23.3 Å². The van der Waals surface area contributed by atoms with Crippen molar-refractivity contribution in [1.82, 2.24) is 20.5 Å². The Labute approximate surface area is 169 Å². The van der Waals surface area contributed by atoms with Crippen molar-refractivity contribution in [3.05, 3.63) is 23.9 Å². The molecule has 3 heterocycles. The molecule has 0 bridgehead atoms. The van der Waals surface area contributed by atoms with Gasteiger partial charge in [-0.2, -0.15) is 0 Å². The fourth-order valence-electron chi connectivity index (χ4n) is 3.82. The maximum absolute atomic E-state index is 5.46. The highest BCUT2D eigenvalue weighted by atomic mass is 16.5. The smallest absolute Gasteiger partial charge is 0.191 e. The van der Waals surface area contributed by atoms with Crippen molar-refractivity contribution in [1.29, 1.82) is 0 Å². The third kappa shape index (κ3) is 6.34. The van der Waals surface area contributed by atoms with Crippen LogP contribution in [0.1, 0.15) is 31.7 Å². The number of guanidine groups is 1. The van der Waals surface area contributed by atoms with Gasteiger partial charge in [0.15, 0.2) is 5.96 Å². The number of morpholine rings is 1. The van der Waals surface area contributed by atoms with E-state index in [2.05, 4.69) is 43.4 Å². The number of pyridine rings is 1. The molecule has 156 valence electrons. The van der Waals surface area contributed by atoms with Crippen LogP contribution >= 0.6 is 0 Å². The molecule has 0 atom stereocenters. The Hall–Kier alpha value is -1.86. The maximum Gasteiger partial charge on any atom is 0.191 e. The minimum Gasteiger partial charge on any atom is -0.378 e. The van der Waals surface area contributed by atoms with Gasteiger partial charge in [-0.25, -0.2) is 4.98 Å². The lowest BCUT2D eigenvalue weighted by atomic mass is 9.99. The molecule has 2 aliphatic rings. The Morgan fingerprint density at radius 3 is 2.75 bits per heavy atom. The summed E-state index contributed by atoms with van der Waals surface area (Å²) in [5.41, 5.74) is 1.19. The number of aliphatic imine (C=N–C) groups is 1. The lowest BCUT2D eigenvalue weighted by molar-refractivity contribution is 0.122. The second-order valence-electron chi connectivity index (χ2n) is 7.82. The van der Waals surface area contributed by atoms with Crippen molar-refractivity contribution in [2.75, 3.05) is 64.4 Å². The molecule has 0 radical (unpaired) electrons. The van der Waals surface area contributed by atoms with E-state index in [1.807, 2.05) is 19.3 Å². The van der Waals surface area contributed by atoms with Gasteiger partial charge in [0.1, 0.15) is 5.82 Å². The summed E-state index contributed by atoms with van der Waals surface area (Å²) in [5.74, 6) is 2.80. The van der Waals surface area contributed by atoms with E-state index in [1.54, 1.807) is 0 Å². The second kappa shape index (κ2) is 11.2. The zero-order valence-corrected chi connectivity index (χ0v) is 17.5. The summed E-state index contributed by atoms with van der Waals surface area (Å²) in [5, 5.41) is 6.88. The summed E-state index contributed by atoms with van der Waals surface area (Å²) >= 11 is 0. The Balaban J connectivity index is 1.40. The number of hydrogen-bond donors (Lipinski definition) is 2. The normalized spacial score (nSPS) is 19.6. The van der Waals surface area contributed by atoms with E-state index in [0.717, 1.165) is 57.0 Å². The van der Waals surface area contributed by atoms with Crippen LogP contribution in [0, 0.1) is 5.92 Å². The van der Waals surface area contributed by atoms with Crippen LogP contribution in [0.3, 0.4) is 0 Å². The summed E-state index contributed by atoms with van der Waals surface area (Å²) in [7, 11) is 1.83. The molecule has 1 aromatic heterocycles. The van der Waals surface area contributed by atoms with E-state index in [0.29, 0.717) is 6.54 Å². The highest BCUT2D eigenvalue weighted by Gasteiger charge is 2.16. The fourth-order valence-corrected chi connectivity index (χ4v) is 3.82. The molecule has 0 aliphatic carbocycles. The molecular weight excluding hydrogens is 352 g/mol. The number of piperidine rings is 1. The number of hydrogen-bond acceptors (Lipinski definition) is 5. The average Bonchev–Trinajstić information content (AvgIpc) is 2.75. The van der Waals surface area contributed by atoms with Crippen LogP contribution in [0.25, 0.3) is 0 Å². The van der Waals surface area contributed by atoms with Gasteiger partial charge in [-0.1, -0.05) is 13.0 Å². The third-order valence-electron chi connectivity index (χ3n) is 5.67. The topological polar surface area (TPSA) is 65.0 Å². The molecule has 2 saturated heterocycles. The van der Waals surface area contributed by atoms with Crippen molar-refractivity contribution < 1.29 is 4.74 Å². The monoisotopic (exact) mass is 388 g/mol. The van der Waals surface area contributed by atoms with Crippen LogP contribution in [-0.2, 0) is 11.3 Å². The molecular formula is C21H36N6O. The van der Waals surface area contributed by atoms with Crippen molar-refractivity contribution in [2.45, 2.75) is 32.7 Å². The van der Waals surface area contributed by atoms with Gasteiger partial charge in [0.25, 0.3) is 0 Å². The summed E-state index contributed by atoms with van der Waals surface area (Å²) in [6.07, 6.45) is 5.68. The molecule has 0 saturated carbocycles. The number of likely N-dealkylation sites (tertiary alicyclic amines) is 1. The van der Waals surface area contributed by atoms with Crippen LogP contribution in [0.2, 0.25) is 0 Å². The van der Waals surface area contributed by atoms with Gasteiger partial charge in [0.05, 0.1) is 13.2 Å². The van der Waals surface area contributed by atoms with Gasteiger partial charge < -0.3 is 25.2 Å². The van der Waals surface area contributed by atoms with Gasteiger partial charge in [0, 0.05) is 45.0 Å². The Bertz CT molecular complexity index is 609. The maximum atomic E-state index is 5.46. The van der Waals surface area contributed by atoms with Gasteiger partial charge in [-0.15, -0.1) is 0 Å². The largest absolute Gasteiger partial charge is 0.378 e. The van der Waals surface area contributed by atoms with Gasteiger partial charge in [0.2, 0.25) is 0 Å². The van der Waals surface area contributed by atoms with E-state index < -0.39 is 0 Å². The average molecular weight is 389 g/mol. The number of ether oxygens (including phenoxy) is 1. The summed E-state index contributed by atoms with van der Waals surface area (Å²) in [6.45, 7) is 11.0. The fraction of sp³-hybridized carbons (Fsp3) is 0.714. The van der Waals surface area contributed by atoms with E-state index in [9.17, 15) is 0 Å². The number of nitrogens with one attached hydrogen (secondary N) is 2. The first kappa shape index (κ1) is 20.9. The van der Waals surface area contributed by atoms with Crippen LogP contribution in [0.4, 0.5) is 5.82 Å². The molecule has 3 rings (SSSR count). The molecule has 0 aromatic carbocycles. The zero-order chi connectivity index (χ0) is 19.6. The lowest BCUT2D eigenvalue weighted by Crippen LogP contribution is -2.40. The summed E-state index contributed by atoms with van der Waals surface area (Å²) in [6, 6.07) is 4.13. The van der Waals surface area contributed by atoms with Gasteiger partial charge >= 0.3 is 0 Å². The highest BCUT2D eigenvalue weighted by molar-refractivity contribution is 5.79. The first-order valence-corrected chi connectivity index (χ1v) is 10.7. The van der Waals surface area contributed by atoms with E-state index in [1.165, 1.54) is 38.0 Å². The van der Waals surface area contributed by atoms with Crippen LogP contribution < -0.4 is 15.5 Å². The standard InChI is InChI=1S/C21H36N6O/c1-18-6-11-26(12-7-18)10-4-9-24-21(22-2)25-17-19-5-3-8-23-20(19)27-13-15-28-16-14-27/h3,5,8,18H,4,6-7,9-17H2,1-2H3,(H2,22,24,25). The predicted octanol–water partition coefficient (Wildman–Crippen LogP) is 1.71. The second-order valence-corrected chi connectivity index (χ2v) is 7.82. The third-order valence-corrected chi connectivity index (χ3v) is 5.67. The van der Waals surface area contributed by atoms with E-state index in [4.69, 9.17) is 4.74 Å². The first-order chi connectivity index (χ1) is 13.8. The van der Waals surface area contributed by atoms with E-state index in [-0.39, 0.29) is 0 Å². The molecule has 0 amide bonds. The van der Waals surface area contributed by atoms with E-state index >= 15 is 0 Å². The number of anilines is 1. The Morgan fingerprint density at radius 1 is 1.21 bits per heavy atom. The molecule has 2 N–H and O–H groups in total. The van der Waals surface area contributed by atoms with Crippen molar-refractivity contribution in [3.63, 3.8) is 0 Å². The molecule has 2 fully saturated rings. The molecule has 0 spiro atoms. The Kier molecular flexibility index (Phi) is 8.36. The quantitative estimate of drug-likeness (QED) is 0.421. The van der Waals surface area contributed by atoms with Gasteiger partial charge in [-0.3, -0.25) is 4.99 Å². The number of nitrogens with zero attached hydrogens (tertiary/aromatic N) is 4. The van der Waals surface area contributed by atoms with Crippen LogP contribution in [0.5, 0.6) is 0 Å². The van der Waals surface area contributed by atoms with Gasteiger partial charge in [-0.05, 0) is 50.9 Å². The molecule has 7 nitrogen and oxygen atoms in total. The zero-order valence-electron chi connectivity index (χ0n) is 17.5. The van der Waals surface area contributed by atoms with Crippen LogP contribution in [-0.4, -0.2) is 75.4 Å². The SMILES string of the molecule is CN=C(NCCCN1CCC(C)CC1)NCc1cccnc1N1CCOCC1. The predicted molar refractivity (Wildman–Crippen MR) is 115 cm³/mol. The minimum atomic E-state index is 0.713. The molecule has 2 aliphatic heterocycles. The Morgan fingerprint density at radius 2 is 2.00 bits per heavy atom. The lowest BCUT2D eigenvalue weighted by Gasteiger charge is -2.30. The molecule has 1 aromatic rings.